The molecule has 2 unspecified atom stereocenters. The van der Waals surface area contributed by atoms with Crippen LogP contribution >= 0.6 is 0 Å². The number of benzene rings is 5. The van der Waals surface area contributed by atoms with Crippen LogP contribution in [0.25, 0.3) is 45.5 Å². The van der Waals surface area contributed by atoms with Crippen LogP contribution in [0.3, 0.4) is 0 Å². The van der Waals surface area contributed by atoms with E-state index in [1.165, 1.54) is 86.0 Å². The summed E-state index contributed by atoms with van der Waals surface area (Å²) in [5.41, 5.74) is 30.0. The van der Waals surface area contributed by atoms with Crippen LogP contribution in [-0.2, 0) is 38.3 Å². The zero-order chi connectivity index (χ0) is 40.8. The molecular formula is C54H62HfOSi. The summed E-state index contributed by atoms with van der Waals surface area (Å²) in [5, 5.41) is 0. The third-order valence-corrected chi connectivity index (χ3v) is 41.2. The molecule has 0 spiro atoms. The van der Waals surface area contributed by atoms with Gasteiger partial charge in [-0.25, -0.2) is 0 Å². The van der Waals surface area contributed by atoms with Gasteiger partial charge in [0.1, 0.15) is 0 Å². The van der Waals surface area contributed by atoms with Crippen molar-refractivity contribution in [2.75, 3.05) is 7.11 Å². The summed E-state index contributed by atoms with van der Waals surface area (Å²) in [5.74, 6) is 1.05. The molecule has 8 rings (SSSR count). The molecule has 0 heterocycles. The van der Waals surface area contributed by atoms with Crippen molar-refractivity contribution in [1.82, 2.24) is 0 Å². The predicted octanol–water partition coefficient (Wildman–Crippen LogP) is 14.8. The van der Waals surface area contributed by atoms with Crippen LogP contribution in [0.5, 0.6) is 5.75 Å². The molecule has 292 valence electrons. The number of rotatable bonds is 6. The van der Waals surface area contributed by atoms with Gasteiger partial charge in [-0.1, -0.05) is 0 Å². The van der Waals surface area contributed by atoms with E-state index in [4.69, 9.17) is 4.74 Å². The summed E-state index contributed by atoms with van der Waals surface area (Å²) in [6.07, 6.45) is 8.87. The Labute approximate surface area is 351 Å². The van der Waals surface area contributed by atoms with Gasteiger partial charge in [0, 0.05) is 0 Å². The van der Waals surface area contributed by atoms with Gasteiger partial charge in [0.25, 0.3) is 0 Å². The maximum absolute atomic E-state index is 6.49. The first-order valence-electron chi connectivity index (χ1n) is 21.2. The van der Waals surface area contributed by atoms with E-state index >= 15 is 0 Å². The van der Waals surface area contributed by atoms with Crippen LogP contribution in [0.2, 0.25) is 13.1 Å². The van der Waals surface area contributed by atoms with E-state index in [1.54, 1.807) is 50.1 Å². The summed E-state index contributed by atoms with van der Waals surface area (Å²) < 4.78 is 7.54. The molecule has 0 aromatic heterocycles. The maximum atomic E-state index is 6.49. The van der Waals surface area contributed by atoms with E-state index in [2.05, 4.69) is 162 Å². The first-order chi connectivity index (χ1) is 27.0. The zero-order valence-electron chi connectivity index (χ0n) is 37.1. The van der Waals surface area contributed by atoms with Crippen molar-refractivity contribution in [1.29, 1.82) is 0 Å². The van der Waals surface area contributed by atoms with Crippen molar-refractivity contribution in [3.05, 3.63) is 144 Å². The van der Waals surface area contributed by atoms with Crippen molar-refractivity contribution in [2.45, 2.75) is 121 Å². The number of aryl methyl sites for hydroxylation is 6. The normalized spacial score (nSPS) is 16.9. The fourth-order valence-electron chi connectivity index (χ4n) is 11.2. The number of methoxy groups -OCH3 is 1. The topological polar surface area (TPSA) is 9.23 Å². The summed E-state index contributed by atoms with van der Waals surface area (Å²) >= 11 is -2.77. The van der Waals surface area contributed by atoms with Gasteiger partial charge >= 0.3 is 354 Å². The van der Waals surface area contributed by atoms with Crippen LogP contribution in [0.4, 0.5) is 0 Å². The Morgan fingerprint density at radius 1 is 0.561 bits per heavy atom. The Kier molecular flexibility index (Phi) is 10.5. The van der Waals surface area contributed by atoms with Crippen molar-refractivity contribution >= 4 is 17.6 Å². The van der Waals surface area contributed by atoms with Crippen LogP contribution < -0.4 is 4.74 Å². The van der Waals surface area contributed by atoms with Gasteiger partial charge in [0.05, 0.1) is 0 Å². The van der Waals surface area contributed by atoms with Gasteiger partial charge in [0.15, 0.2) is 0 Å². The molecule has 5 aromatic carbocycles. The van der Waals surface area contributed by atoms with Crippen molar-refractivity contribution < 1.29 is 24.8 Å². The standard InChI is InChI=1S/C29H29.C23H27O.C2H6Si.Hf/c1-17-9-18(2)12-22(11-17)28-24-7-6-8-25(24)29(27-16-21(5)15-26(27)28)23-13-19(3)10-20(4)14-23;1-14-8-15(2)11-18(10-14)21-19-12-16(3)9-17(19)13-20(22(21)24-7)23(4,5)6;1-3-2;/h9-16H,6-8H2,1-5H3;8-13H,1-7H3;1-2H3;. The first kappa shape index (κ1) is 40.3. The van der Waals surface area contributed by atoms with E-state index < -0.39 is 25.6 Å². The number of fused-ring (bicyclic) bond motifs is 3. The average Bonchev–Trinajstić information content (AvgIpc) is 3.80. The molecule has 0 fully saturated rings. The van der Waals surface area contributed by atoms with E-state index in [0.29, 0.717) is 7.35 Å². The van der Waals surface area contributed by atoms with Crippen LogP contribution in [0.1, 0.15) is 121 Å². The molecular weight excluding hydrogens is 871 g/mol. The number of hydrogen-bond acceptors (Lipinski definition) is 1. The van der Waals surface area contributed by atoms with E-state index in [-0.39, 0.29) is 5.41 Å². The molecule has 0 bridgehead atoms. The molecule has 1 nitrogen and oxygen atoms in total. The van der Waals surface area contributed by atoms with Gasteiger partial charge < -0.3 is 0 Å². The number of ether oxygens (including phenoxy) is 1. The molecule has 0 aliphatic heterocycles. The second-order valence-electron chi connectivity index (χ2n) is 19.2. The van der Waals surface area contributed by atoms with Gasteiger partial charge in [0.2, 0.25) is 0 Å². The van der Waals surface area contributed by atoms with Gasteiger partial charge in [-0.2, -0.15) is 0 Å². The quantitative estimate of drug-likeness (QED) is 0.154. The van der Waals surface area contributed by atoms with E-state index in [1.807, 2.05) is 7.11 Å². The molecule has 3 aliphatic carbocycles. The summed E-state index contributed by atoms with van der Waals surface area (Å²) in [7, 11) is 1.89. The Morgan fingerprint density at radius 2 is 1.00 bits per heavy atom. The SMILES string of the molecule is COc1c(C(C)(C)C)cc2c(c1-c1cc(C)cc(C)c1)C=C(C)[CH]2[Hf]([CH]1C(C)=Cc2c(-c3cc(C)cc(C)c3)c3c(c(-c4cc(C)cc(C)c4)c21)CCC3)=[Si](C)C. The minimum absolute atomic E-state index is 0.0695. The second kappa shape index (κ2) is 14.9. The van der Waals surface area contributed by atoms with Crippen molar-refractivity contribution in [3.63, 3.8) is 0 Å². The van der Waals surface area contributed by atoms with Crippen molar-refractivity contribution in [2.24, 2.45) is 0 Å². The van der Waals surface area contributed by atoms with Crippen molar-refractivity contribution in [3.8, 4) is 39.1 Å². The first-order valence-corrected chi connectivity index (χ1v) is 33.3. The van der Waals surface area contributed by atoms with E-state index in [9.17, 15) is 0 Å². The Morgan fingerprint density at radius 3 is 1.47 bits per heavy atom. The third-order valence-electron chi connectivity index (χ3n) is 13.0. The number of hydrogen-bond donors (Lipinski definition) is 0. The second-order valence-corrected chi connectivity index (χ2v) is 44.1. The van der Waals surface area contributed by atoms with Gasteiger partial charge in [-0.05, 0) is 0 Å². The Hall–Kier alpha value is -3.53. The third kappa shape index (κ3) is 6.97. The molecule has 0 N–H and O–H groups in total. The van der Waals surface area contributed by atoms with Crippen LogP contribution in [0, 0.1) is 41.5 Å². The molecule has 57 heavy (non-hydrogen) atoms. The van der Waals surface area contributed by atoms with Gasteiger partial charge in [-0.3, -0.25) is 0 Å². The molecule has 0 saturated heterocycles. The molecule has 2 atom stereocenters. The summed E-state index contributed by atoms with van der Waals surface area (Å²) in [6, 6.07) is 24.3. The molecule has 5 aromatic rings. The average molecular weight is 934 g/mol. The minimum atomic E-state index is -2.77. The van der Waals surface area contributed by atoms with E-state index in [0.717, 1.165) is 5.75 Å². The summed E-state index contributed by atoms with van der Waals surface area (Å²) in [4.78, 5) is 0. The molecule has 0 amide bonds. The molecule has 0 radical (unpaired) electrons. The van der Waals surface area contributed by atoms with Crippen LogP contribution in [0.15, 0.2) is 71.8 Å². The van der Waals surface area contributed by atoms with Crippen LogP contribution in [-0.4, -0.2) is 12.6 Å². The number of allylic oxidation sites excluding steroid dienone is 2. The van der Waals surface area contributed by atoms with Gasteiger partial charge in [-0.15, -0.1) is 0 Å². The monoisotopic (exact) mass is 934 g/mol. The fraction of sp³-hybridized carbons (Fsp3) is 0.370. The molecule has 0 saturated carbocycles. The Bertz CT molecular complexity index is 2560. The fourth-order valence-corrected chi connectivity index (χ4v) is 40.5. The predicted molar refractivity (Wildman–Crippen MR) is 245 cm³/mol. The zero-order valence-corrected chi connectivity index (χ0v) is 41.7. The molecule has 3 heteroatoms. The molecule has 3 aliphatic rings. The summed E-state index contributed by atoms with van der Waals surface area (Å²) in [6.45, 7) is 31.1. The Balaban J connectivity index is 1.45.